The maximum absolute atomic E-state index is 12.2. The van der Waals surface area contributed by atoms with Gasteiger partial charge >= 0.3 is 5.97 Å². The Morgan fingerprint density at radius 2 is 1.69 bits per heavy atom. The number of alkyl halides is 1. The van der Waals surface area contributed by atoms with Crippen molar-refractivity contribution >= 4 is 39.3 Å². The van der Waals surface area contributed by atoms with Crippen LogP contribution in [0.3, 0.4) is 0 Å². The Labute approximate surface area is 221 Å². The predicted octanol–water partition coefficient (Wildman–Crippen LogP) is 7.63. The lowest BCUT2D eigenvalue weighted by atomic mass is 9.76. The van der Waals surface area contributed by atoms with Crippen LogP contribution in [0.25, 0.3) is 10.8 Å². The molecule has 1 aliphatic carbocycles. The van der Waals surface area contributed by atoms with Crippen LogP contribution in [0.4, 0.5) is 0 Å². The number of hydrogen-bond donors (Lipinski definition) is 0. The van der Waals surface area contributed by atoms with E-state index in [1.807, 2.05) is 24.3 Å². The Kier molecular flexibility index (Phi) is 7.63. The highest BCUT2D eigenvalue weighted by Crippen LogP contribution is 2.48. The van der Waals surface area contributed by atoms with Crippen LogP contribution in [0, 0.1) is 5.92 Å². The first-order valence-corrected chi connectivity index (χ1v) is 13.9. The van der Waals surface area contributed by atoms with Gasteiger partial charge in [0, 0.05) is 9.84 Å². The molecule has 0 amide bonds. The average Bonchev–Trinajstić information content (AvgIpc) is 2.92. The van der Waals surface area contributed by atoms with Gasteiger partial charge in [-0.1, -0.05) is 72.2 Å². The smallest absolute Gasteiger partial charge is 0.337 e. The molecule has 0 bridgehead atoms. The zero-order valence-corrected chi connectivity index (χ0v) is 22.6. The lowest BCUT2D eigenvalue weighted by molar-refractivity contribution is -0.0863. The molecule has 5 rings (SSSR count). The minimum absolute atomic E-state index is 0.00504. The molecular weight excluding hydrogens is 551 g/mol. The number of hydrogen-bond acceptors (Lipinski definition) is 4. The maximum Gasteiger partial charge on any atom is 0.337 e. The molecule has 1 saturated carbocycles. The summed E-state index contributed by atoms with van der Waals surface area (Å²) in [6, 6.07) is 20.9. The summed E-state index contributed by atoms with van der Waals surface area (Å²) < 4.78 is 17.6. The second kappa shape index (κ2) is 10.9. The van der Waals surface area contributed by atoms with Crippen molar-refractivity contribution in [2.45, 2.75) is 60.6 Å². The maximum atomic E-state index is 12.2. The quantitative estimate of drug-likeness (QED) is 0.176. The molecule has 35 heavy (non-hydrogen) atoms. The monoisotopic (exact) mass is 584 g/mol. The minimum atomic E-state index is -0.283. The molecule has 1 aliphatic heterocycles. The van der Waals surface area contributed by atoms with Gasteiger partial charge in [0.2, 0.25) is 0 Å². The SMILES string of the molecule is COC(=O)c1cccc([C@@H]2C[C@@H](C3CCCCC3)O[C@H](c3ccc4cc(OC)ccc4c3)[C@H]2I)c1. The van der Waals surface area contributed by atoms with Crippen LogP contribution in [-0.4, -0.2) is 30.2 Å². The van der Waals surface area contributed by atoms with Crippen molar-refractivity contribution < 1.29 is 19.0 Å². The Morgan fingerprint density at radius 3 is 2.46 bits per heavy atom. The molecule has 0 aromatic heterocycles. The van der Waals surface area contributed by atoms with Crippen molar-refractivity contribution in [3.63, 3.8) is 0 Å². The third-order valence-corrected chi connectivity index (χ3v) is 9.31. The van der Waals surface area contributed by atoms with Crippen LogP contribution in [-0.2, 0) is 9.47 Å². The minimum Gasteiger partial charge on any atom is -0.497 e. The van der Waals surface area contributed by atoms with Gasteiger partial charge in [-0.15, -0.1) is 0 Å². The highest BCUT2D eigenvalue weighted by atomic mass is 127. The zero-order valence-electron chi connectivity index (χ0n) is 20.4. The summed E-state index contributed by atoms with van der Waals surface area (Å²) in [6.45, 7) is 0. The third kappa shape index (κ3) is 5.21. The first-order valence-electron chi connectivity index (χ1n) is 12.6. The van der Waals surface area contributed by atoms with Gasteiger partial charge in [0.15, 0.2) is 0 Å². The van der Waals surface area contributed by atoms with E-state index in [4.69, 9.17) is 14.2 Å². The third-order valence-electron chi connectivity index (χ3n) is 7.79. The molecule has 5 heteroatoms. The van der Waals surface area contributed by atoms with Gasteiger partial charge in [-0.2, -0.15) is 0 Å². The van der Waals surface area contributed by atoms with E-state index in [1.54, 1.807) is 7.11 Å². The molecule has 3 aromatic rings. The Hall–Kier alpha value is -2.12. The molecule has 0 radical (unpaired) electrons. The van der Waals surface area contributed by atoms with Gasteiger partial charge in [0.1, 0.15) is 5.75 Å². The van der Waals surface area contributed by atoms with E-state index < -0.39 is 0 Å². The van der Waals surface area contributed by atoms with Crippen LogP contribution in [0.2, 0.25) is 0 Å². The standard InChI is InChI=1S/C30H33IO4/c1-33-25-14-13-20-15-23(12-11-21(20)17-25)29-28(31)26(18-27(35-29)19-7-4-3-5-8-19)22-9-6-10-24(16-22)30(32)34-2/h6,9-17,19,26-29H,3-5,7-8,18H2,1-2H3/t26-,27-,28-,29+/m0/s1. The van der Waals surface area contributed by atoms with Crippen molar-refractivity contribution in [1.29, 1.82) is 0 Å². The Balaban J connectivity index is 1.51. The lowest BCUT2D eigenvalue weighted by Gasteiger charge is -2.44. The highest BCUT2D eigenvalue weighted by molar-refractivity contribution is 14.1. The van der Waals surface area contributed by atoms with Crippen LogP contribution in [0.15, 0.2) is 60.7 Å². The van der Waals surface area contributed by atoms with Crippen LogP contribution in [0.1, 0.15) is 72.0 Å². The Morgan fingerprint density at radius 1 is 0.914 bits per heavy atom. The number of carbonyl (C=O) groups is 1. The number of rotatable bonds is 5. The summed E-state index contributed by atoms with van der Waals surface area (Å²) in [5, 5.41) is 2.36. The second-order valence-electron chi connectivity index (χ2n) is 9.87. The number of halogens is 1. The zero-order chi connectivity index (χ0) is 24.4. The van der Waals surface area contributed by atoms with Gasteiger partial charge in [0.25, 0.3) is 0 Å². The fraction of sp³-hybridized carbons (Fsp3) is 0.433. The van der Waals surface area contributed by atoms with Crippen molar-refractivity contribution in [2.24, 2.45) is 5.92 Å². The summed E-state index contributed by atoms with van der Waals surface area (Å²) in [5.41, 5.74) is 3.04. The van der Waals surface area contributed by atoms with Gasteiger partial charge in [-0.3, -0.25) is 0 Å². The molecule has 4 atom stereocenters. The van der Waals surface area contributed by atoms with Crippen molar-refractivity contribution in [1.82, 2.24) is 0 Å². The molecule has 0 unspecified atom stereocenters. The number of carbonyl (C=O) groups excluding carboxylic acids is 1. The fourth-order valence-corrected chi connectivity index (χ4v) is 7.16. The van der Waals surface area contributed by atoms with Crippen LogP contribution >= 0.6 is 22.6 Å². The number of ether oxygens (including phenoxy) is 3. The van der Waals surface area contributed by atoms with Gasteiger partial charge < -0.3 is 14.2 Å². The van der Waals surface area contributed by atoms with Crippen LogP contribution in [0.5, 0.6) is 5.75 Å². The Bertz CT molecular complexity index is 1190. The molecular formula is C30H33IO4. The molecule has 4 nitrogen and oxygen atoms in total. The van der Waals surface area contributed by atoms with Gasteiger partial charge in [-0.25, -0.2) is 4.79 Å². The molecule has 184 valence electrons. The largest absolute Gasteiger partial charge is 0.497 e. The van der Waals surface area contributed by atoms with Crippen molar-refractivity contribution in [3.05, 3.63) is 77.4 Å². The van der Waals surface area contributed by atoms with E-state index in [2.05, 4.69) is 59.0 Å². The molecule has 1 saturated heterocycles. The topological polar surface area (TPSA) is 44.8 Å². The van der Waals surface area contributed by atoms with E-state index in [0.717, 1.165) is 12.2 Å². The second-order valence-corrected chi connectivity index (χ2v) is 11.3. The molecule has 0 N–H and O–H groups in total. The van der Waals surface area contributed by atoms with Crippen molar-refractivity contribution in [3.8, 4) is 5.75 Å². The number of benzene rings is 3. The fourth-order valence-electron chi connectivity index (χ4n) is 5.86. The first-order chi connectivity index (χ1) is 17.1. The van der Waals surface area contributed by atoms with Gasteiger partial charge in [-0.05, 0) is 77.4 Å². The lowest BCUT2D eigenvalue weighted by Crippen LogP contribution is -2.40. The number of methoxy groups -OCH3 is 2. The highest BCUT2D eigenvalue weighted by Gasteiger charge is 2.41. The normalized spacial score (nSPS) is 25.3. The van der Waals surface area contributed by atoms with E-state index in [0.29, 0.717) is 17.4 Å². The predicted molar refractivity (Wildman–Crippen MR) is 148 cm³/mol. The molecule has 1 heterocycles. The summed E-state index contributed by atoms with van der Waals surface area (Å²) in [4.78, 5) is 12.2. The van der Waals surface area contributed by atoms with Crippen molar-refractivity contribution in [2.75, 3.05) is 14.2 Å². The van der Waals surface area contributed by atoms with E-state index in [1.165, 1.54) is 61.1 Å². The molecule has 0 spiro atoms. The number of fused-ring (bicyclic) bond motifs is 1. The molecule has 2 fully saturated rings. The first kappa shape index (κ1) is 24.6. The summed E-state index contributed by atoms with van der Waals surface area (Å²) in [6.07, 6.45) is 7.63. The van der Waals surface area contributed by atoms with E-state index in [9.17, 15) is 4.79 Å². The summed E-state index contributed by atoms with van der Waals surface area (Å²) in [5.74, 6) is 1.49. The summed E-state index contributed by atoms with van der Waals surface area (Å²) >= 11 is 2.58. The summed E-state index contributed by atoms with van der Waals surface area (Å²) in [7, 11) is 3.14. The molecule has 2 aliphatic rings. The molecule has 3 aromatic carbocycles. The van der Waals surface area contributed by atoms with Gasteiger partial charge in [0.05, 0.1) is 32.0 Å². The van der Waals surface area contributed by atoms with E-state index >= 15 is 0 Å². The van der Waals surface area contributed by atoms with Crippen LogP contribution < -0.4 is 4.74 Å². The number of esters is 1. The van der Waals surface area contributed by atoms with E-state index in [-0.39, 0.29) is 22.1 Å². The average molecular weight is 584 g/mol.